The number of carbonyl (C=O) groups is 1. The number of nitrogens with one attached hydrogen (secondary N) is 1. The minimum Gasteiger partial charge on any atom is -0.380 e. The van der Waals surface area contributed by atoms with Gasteiger partial charge in [-0.3, -0.25) is 4.79 Å². The Hall–Kier alpha value is -0.320. The van der Waals surface area contributed by atoms with E-state index in [0.717, 1.165) is 45.4 Å². The SMILES string of the molecule is COC1CCCN(C(=O)CC2CCNC2)C1.Cl. The fraction of sp³-hybridized carbons (Fsp3) is 0.917. The lowest BCUT2D eigenvalue weighted by molar-refractivity contribution is -0.135. The summed E-state index contributed by atoms with van der Waals surface area (Å²) in [5, 5.41) is 3.31. The lowest BCUT2D eigenvalue weighted by Crippen LogP contribution is -2.43. The molecule has 0 radical (unpaired) electrons. The monoisotopic (exact) mass is 262 g/mol. The number of hydrogen-bond acceptors (Lipinski definition) is 3. The maximum atomic E-state index is 12.1. The Balaban J connectivity index is 0.00000144. The van der Waals surface area contributed by atoms with E-state index in [9.17, 15) is 4.79 Å². The number of rotatable bonds is 3. The topological polar surface area (TPSA) is 41.6 Å². The lowest BCUT2D eigenvalue weighted by Gasteiger charge is -2.32. The summed E-state index contributed by atoms with van der Waals surface area (Å²) in [4.78, 5) is 14.0. The molecule has 0 aromatic carbocycles. The number of hydrogen-bond donors (Lipinski definition) is 1. The molecule has 0 aromatic rings. The minimum absolute atomic E-state index is 0. The smallest absolute Gasteiger partial charge is 0.222 e. The van der Waals surface area contributed by atoms with Crippen molar-refractivity contribution >= 4 is 18.3 Å². The van der Waals surface area contributed by atoms with Crippen LogP contribution < -0.4 is 5.32 Å². The maximum absolute atomic E-state index is 12.1. The van der Waals surface area contributed by atoms with Gasteiger partial charge in [-0.25, -0.2) is 0 Å². The van der Waals surface area contributed by atoms with Gasteiger partial charge in [-0.2, -0.15) is 0 Å². The maximum Gasteiger partial charge on any atom is 0.222 e. The summed E-state index contributed by atoms with van der Waals surface area (Å²) >= 11 is 0. The molecule has 2 atom stereocenters. The van der Waals surface area contributed by atoms with E-state index in [0.29, 0.717) is 18.2 Å². The van der Waals surface area contributed by atoms with Crippen LogP contribution in [0, 0.1) is 5.92 Å². The van der Waals surface area contributed by atoms with Crippen molar-refractivity contribution in [2.45, 2.75) is 31.8 Å². The van der Waals surface area contributed by atoms with Crippen molar-refractivity contribution in [3.63, 3.8) is 0 Å². The van der Waals surface area contributed by atoms with E-state index in [1.807, 2.05) is 4.90 Å². The molecule has 2 rings (SSSR count). The average molecular weight is 263 g/mol. The fourth-order valence-corrected chi connectivity index (χ4v) is 2.62. The third-order valence-corrected chi connectivity index (χ3v) is 3.69. The van der Waals surface area contributed by atoms with Crippen molar-refractivity contribution in [1.82, 2.24) is 10.2 Å². The number of carbonyl (C=O) groups excluding carboxylic acids is 1. The summed E-state index contributed by atoms with van der Waals surface area (Å²) in [6.45, 7) is 3.78. The molecule has 2 aliphatic heterocycles. The number of likely N-dealkylation sites (tertiary alicyclic amines) is 1. The first kappa shape index (κ1) is 14.7. The molecule has 2 fully saturated rings. The Labute approximate surface area is 109 Å². The predicted octanol–water partition coefficient (Wildman–Crippen LogP) is 1.05. The highest BCUT2D eigenvalue weighted by molar-refractivity contribution is 5.85. The molecule has 0 spiro atoms. The Morgan fingerprint density at radius 1 is 1.47 bits per heavy atom. The summed E-state index contributed by atoms with van der Waals surface area (Å²) in [5.41, 5.74) is 0. The van der Waals surface area contributed by atoms with Gasteiger partial charge < -0.3 is 15.0 Å². The molecule has 5 heteroatoms. The van der Waals surface area contributed by atoms with Gasteiger partial charge in [-0.05, 0) is 38.3 Å². The average Bonchev–Trinajstić information content (AvgIpc) is 2.82. The second kappa shape index (κ2) is 7.19. The van der Waals surface area contributed by atoms with Crippen molar-refractivity contribution < 1.29 is 9.53 Å². The summed E-state index contributed by atoms with van der Waals surface area (Å²) < 4.78 is 5.34. The standard InChI is InChI=1S/C12H22N2O2.ClH/c1-16-11-3-2-6-14(9-11)12(15)7-10-4-5-13-8-10;/h10-11,13H,2-9H2,1H3;1H. The van der Waals surface area contributed by atoms with Crippen LogP contribution in [0.4, 0.5) is 0 Å². The van der Waals surface area contributed by atoms with Crippen LogP contribution in [0.5, 0.6) is 0 Å². The van der Waals surface area contributed by atoms with Crippen molar-refractivity contribution in [2.75, 3.05) is 33.3 Å². The van der Waals surface area contributed by atoms with Crippen LogP contribution in [0.1, 0.15) is 25.7 Å². The number of ether oxygens (including phenoxy) is 1. The minimum atomic E-state index is 0. The molecule has 0 bridgehead atoms. The first-order valence-electron chi connectivity index (χ1n) is 6.31. The molecule has 2 unspecified atom stereocenters. The quantitative estimate of drug-likeness (QED) is 0.827. The normalized spacial score (nSPS) is 28.9. The van der Waals surface area contributed by atoms with Gasteiger partial charge in [0.1, 0.15) is 0 Å². The van der Waals surface area contributed by atoms with E-state index in [1.54, 1.807) is 7.11 Å². The third-order valence-electron chi connectivity index (χ3n) is 3.69. The van der Waals surface area contributed by atoms with Crippen LogP contribution in [0.3, 0.4) is 0 Å². The molecule has 0 aliphatic carbocycles. The van der Waals surface area contributed by atoms with Crippen LogP contribution >= 0.6 is 12.4 Å². The summed E-state index contributed by atoms with van der Waals surface area (Å²) in [5.74, 6) is 0.867. The molecule has 0 saturated carbocycles. The highest BCUT2D eigenvalue weighted by atomic mass is 35.5. The van der Waals surface area contributed by atoms with Gasteiger partial charge in [0.25, 0.3) is 0 Å². The molecular weight excluding hydrogens is 240 g/mol. The molecule has 1 N–H and O–H groups in total. The zero-order valence-electron chi connectivity index (χ0n) is 10.5. The first-order chi connectivity index (χ1) is 7.79. The molecule has 2 heterocycles. The van der Waals surface area contributed by atoms with E-state index >= 15 is 0 Å². The van der Waals surface area contributed by atoms with Crippen molar-refractivity contribution in [1.29, 1.82) is 0 Å². The fourth-order valence-electron chi connectivity index (χ4n) is 2.62. The highest BCUT2D eigenvalue weighted by Crippen LogP contribution is 2.18. The Bertz CT molecular complexity index is 245. The molecule has 4 nitrogen and oxygen atoms in total. The molecule has 0 aromatic heterocycles. The zero-order chi connectivity index (χ0) is 11.4. The Morgan fingerprint density at radius 3 is 2.94 bits per heavy atom. The molecule has 2 aliphatic rings. The largest absolute Gasteiger partial charge is 0.380 e. The van der Waals surface area contributed by atoms with Crippen LogP contribution in [0.25, 0.3) is 0 Å². The second-order valence-corrected chi connectivity index (χ2v) is 4.90. The third kappa shape index (κ3) is 4.12. The second-order valence-electron chi connectivity index (χ2n) is 4.90. The van der Waals surface area contributed by atoms with E-state index in [2.05, 4.69) is 5.32 Å². The molecule has 100 valence electrons. The highest BCUT2D eigenvalue weighted by Gasteiger charge is 2.26. The van der Waals surface area contributed by atoms with Crippen molar-refractivity contribution in [2.24, 2.45) is 5.92 Å². The van der Waals surface area contributed by atoms with Gasteiger partial charge in [0, 0.05) is 26.6 Å². The van der Waals surface area contributed by atoms with Crippen LogP contribution in [-0.2, 0) is 9.53 Å². The first-order valence-corrected chi connectivity index (χ1v) is 6.31. The molecular formula is C12H23ClN2O2. The lowest BCUT2D eigenvalue weighted by atomic mass is 10.0. The van der Waals surface area contributed by atoms with E-state index in [-0.39, 0.29) is 18.5 Å². The van der Waals surface area contributed by atoms with Crippen molar-refractivity contribution in [3.8, 4) is 0 Å². The number of amides is 1. The zero-order valence-corrected chi connectivity index (χ0v) is 11.3. The predicted molar refractivity (Wildman–Crippen MR) is 69.5 cm³/mol. The molecule has 2 saturated heterocycles. The van der Waals surface area contributed by atoms with Gasteiger partial charge >= 0.3 is 0 Å². The van der Waals surface area contributed by atoms with Crippen LogP contribution in [0.15, 0.2) is 0 Å². The van der Waals surface area contributed by atoms with E-state index in [1.165, 1.54) is 0 Å². The molecule has 17 heavy (non-hydrogen) atoms. The van der Waals surface area contributed by atoms with Gasteiger partial charge in [0.05, 0.1) is 6.10 Å². The number of nitrogens with zero attached hydrogens (tertiary/aromatic N) is 1. The Kier molecular flexibility index (Phi) is 6.23. The summed E-state index contributed by atoms with van der Waals surface area (Å²) in [6, 6.07) is 0. The number of methoxy groups -OCH3 is 1. The molecule has 1 amide bonds. The number of halogens is 1. The van der Waals surface area contributed by atoms with E-state index in [4.69, 9.17) is 4.74 Å². The van der Waals surface area contributed by atoms with Gasteiger partial charge in [0.15, 0.2) is 0 Å². The van der Waals surface area contributed by atoms with Crippen LogP contribution in [0.2, 0.25) is 0 Å². The van der Waals surface area contributed by atoms with Crippen molar-refractivity contribution in [3.05, 3.63) is 0 Å². The van der Waals surface area contributed by atoms with E-state index < -0.39 is 0 Å². The summed E-state index contributed by atoms with van der Waals surface area (Å²) in [6.07, 6.45) is 4.27. The Morgan fingerprint density at radius 2 is 2.29 bits per heavy atom. The number of piperidine rings is 1. The van der Waals surface area contributed by atoms with Gasteiger partial charge in [0.2, 0.25) is 5.91 Å². The van der Waals surface area contributed by atoms with Gasteiger partial charge in [-0.1, -0.05) is 0 Å². The summed E-state index contributed by atoms with van der Waals surface area (Å²) in [7, 11) is 1.74. The van der Waals surface area contributed by atoms with Crippen LogP contribution in [-0.4, -0.2) is 50.2 Å². The van der Waals surface area contributed by atoms with Gasteiger partial charge in [-0.15, -0.1) is 12.4 Å².